The first-order valence-electron chi connectivity index (χ1n) is 13.6. The Kier molecular flexibility index (Phi) is 11.4. The lowest BCUT2D eigenvalue weighted by atomic mass is 10.0. The first kappa shape index (κ1) is 31.0. The van der Waals surface area contributed by atoms with E-state index in [0.717, 1.165) is 27.1 Å². The topological polar surface area (TPSA) is 143 Å². The Labute approximate surface area is 248 Å². The minimum atomic E-state index is -0.962. The molecule has 1 saturated heterocycles. The molecule has 4 N–H and O–H groups in total. The molecule has 0 unspecified atom stereocenters. The molecule has 1 fully saturated rings. The van der Waals surface area contributed by atoms with Gasteiger partial charge in [-0.1, -0.05) is 48.5 Å². The second-order valence-electron chi connectivity index (χ2n) is 9.57. The highest BCUT2D eigenvalue weighted by molar-refractivity contribution is 7.99. The van der Waals surface area contributed by atoms with Crippen LogP contribution in [-0.4, -0.2) is 53.2 Å². The van der Waals surface area contributed by atoms with E-state index in [0.29, 0.717) is 12.2 Å². The number of carbonyl (C=O) groups is 3. The summed E-state index contributed by atoms with van der Waals surface area (Å²) in [5, 5.41) is 23.7. The molecule has 1 heterocycles. The van der Waals surface area contributed by atoms with Gasteiger partial charge >= 0.3 is 18.0 Å². The van der Waals surface area contributed by atoms with E-state index in [1.54, 1.807) is 43.0 Å². The summed E-state index contributed by atoms with van der Waals surface area (Å²) in [7, 11) is 0. The fourth-order valence-corrected chi connectivity index (χ4v) is 5.23. The van der Waals surface area contributed by atoms with Crippen LogP contribution in [0.2, 0.25) is 0 Å². The fourth-order valence-electron chi connectivity index (χ4n) is 4.31. The number of carboxylic acids is 1. The first-order chi connectivity index (χ1) is 20.3. The van der Waals surface area contributed by atoms with Crippen LogP contribution in [0.3, 0.4) is 0 Å². The zero-order valence-electron chi connectivity index (χ0n) is 23.2. The number of nitrogens with one attached hydrogen (secondary N) is 2. The maximum atomic E-state index is 12.0. The average Bonchev–Trinajstić information content (AvgIpc) is 3.02. The molecule has 3 aromatic carbocycles. The minimum absolute atomic E-state index is 0.0360. The van der Waals surface area contributed by atoms with E-state index < -0.39 is 24.3 Å². The van der Waals surface area contributed by atoms with E-state index in [-0.39, 0.29) is 44.1 Å². The zero-order valence-corrected chi connectivity index (χ0v) is 24.0. The van der Waals surface area contributed by atoms with Crippen LogP contribution in [-0.2, 0) is 32.2 Å². The van der Waals surface area contributed by atoms with Gasteiger partial charge in [0.25, 0.3) is 0 Å². The van der Waals surface area contributed by atoms with Gasteiger partial charge in [-0.25, -0.2) is 9.59 Å². The van der Waals surface area contributed by atoms with Crippen LogP contribution in [0.1, 0.15) is 58.4 Å². The Hall–Kier alpha value is -3.90. The number of esters is 1. The van der Waals surface area contributed by atoms with Crippen LogP contribution >= 0.6 is 11.8 Å². The summed E-state index contributed by atoms with van der Waals surface area (Å²) in [6, 6.07) is 21.5. The molecule has 4 rings (SSSR count). The van der Waals surface area contributed by atoms with E-state index >= 15 is 0 Å². The maximum absolute atomic E-state index is 12.0. The van der Waals surface area contributed by atoms with Crippen LogP contribution in [0.15, 0.2) is 77.7 Å². The number of carbonyl (C=O) groups excluding carboxylic acids is 2. The molecular formula is C31H34N2O8S. The van der Waals surface area contributed by atoms with Crippen LogP contribution in [0.5, 0.6) is 0 Å². The normalized spacial score (nSPS) is 18.2. The van der Waals surface area contributed by atoms with Gasteiger partial charge in [-0.05, 0) is 47.9 Å². The number of hydrogen-bond donors (Lipinski definition) is 4. The lowest BCUT2D eigenvalue weighted by molar-refractivity contribution is -0.245. The van der Waals surface area contributed by atoms with Crippen molar-refractivity contribution in [1.29, 1.82) is 0 Å². The molecule has 1 aliphatic heterocycles. The van der Waals surface area contributed by atoms with Crippen LogP contribution in [0, 0.1) is 0 Å². The number of aliphatic hydroxyl groups is 1. The molecule has 11 heteroatoms. The number of carboxylic acid groups (broad SMARTS) is 1. The maximum Gasteiger partial charge on any atom is 0.335 e. The highest BCUT2D eigenvalue weighted by Crippen LogP contribution is 2.39. The Morgan fingerprint density at radius 2 is 1.57 bits per heavy atom. The summed E-state index contributed by atoms with van der Waals surface area (Å²) in [4.78, 5) is 35.5. The van der Waals surface area contributed by atoms with Crippen molar-refractivity contribution in [2.45, 2.75) is 49.9 Å². The van der Waals surface area contributed by atoms with E-state index in [9.17, 15) is 19.5 Å². The van der Waals surface area contributed by atoms with Crippen LogP contribution < -0.4 is 10.6 Å². The number of amides is 2. The Balaban J connectivity index is 1.40. The molecule has 3 aromatic rings. The predicted molar refractivity (Wildman–Crippen MR) is 156 cm³/mol. The molecule has 3 atom stereocenters. The Morgan fingerprint density at radius 1 is 0.905 bits per heavy atom. The molecule has 0 bridgehead atoms. The summed E-state index contributed by atoms with van der Waals surface area (Å²) < 4.78 is 17.5. The number of aromatic carboxylic acids is 1. The van der Waals surface area contributed by atoms with Crippen molar-refractivity contribution < 1.29 is 38.8 Å². The van der Waals surface area contributed by atoms with E-state index in [2.05, 4.69) is 10.6 Å². The van der Waals surface area contributed by atoms with E-state index in [1.807, 2.05) is 48.5 Å². The highest BCUT2D eigenvalue weighted by atomic mass is 32.2. The first-order valence-corrected chi connectivity index (χ1v) is 14.6. The molecule has 0 aromatic heterocycles. The third kappa shape index (κ3) is 9.05. The largest absolute Gasteiger partial charge is 0.478 e. The van der Waals surface area contributed by atoms with Gasteiger partial charge < -0.3 is 35.1 Å². The quantitative estimate of drug-likeness (QED) is 0.175. The average molecular weight is 595 g/mol. The van der Waals surface area contributed by atoms with Crippen LogP contribution in [0.25, 0.3) is 0 Å². The van der Waals surface area contributed by atoms with Crippen molar-refractivity contribution in [3.8, 4) is 0 Å². The smallest absolute Gasteiger partial charge is 0.335 e. The third-order valence-corrected chi connectivity index (χ3v) is 7.70. The van der Waals surface area contributed by atoms with E-state index in [4.69, 9.17) is 19.3 Å². The van der Waals surface area contributed by atoms with Crippen LogP contribution in [0.4, 0.5) is 4.79 Å². The van der Waals surface area contributed by atoms with Crippen molar-refractivity contribution in [1.82, 2.24) is 10.6 Å². The van der Waals surface area contributed by atoms with Gasteiger partial charge in [0.1, 0.15) is 6.54 Å². The van der Waals surface area contributed by atoms with Crippen molar-refractivity contribution in [3.63, 3.8) is 0 Å². The molecule has 42 heavy (non-hydrogen) atoms. The molecule has 0 spiro atoms. The molecule has 2 amide bonds. The summed E-state index contributed by atoms with van der Waals surface area (Å²) in [6.07, 6.45) is -0.394. The monoisotopic (exact) mass is 594 g/mol. The number of aliphatic hydroxyl groups excluding tert-OH is 1. The highest BCUT2D eigenvalue weighted by Gasteiger charge is 2.32. The SMILES string of the molecule is CCOC(=O)CNC(=O)NCc1ccc([C@H]2O[C@@H](CSc3ccc(C(=O)O)cc3)C[C@@H](c3ccc(CO)cc3)O2)cc1. The summed E-state index contributed by atoms with van der Waals surface area (Å²) in [6.45, 7) is 1.98. The standard InChI is InChI=1S/C31H34N2O8S/c1-2-39-28(35)17-33-31(38)32-16-20-3-9-24(10-4-20)30-40-25(19-42-26-13-11-23(12-14-26)29(36)37)15-27(41-30)22-7-5-21(18-34)6-8-22/h3-14,25,27,30,34H,2,15-19H2,1H3,(H,36,37)(H2,32,33,38)/t25-,27+,30+/m1/s1. The van der Waals surface area contributed by atoms with Gasteiger partial charge in [-0.2, -0.15) is 0 Å². The molecule has 222 valence electrons. The predicted octanol–water partition coefficient (Wildman–Crippen LogP) is 4.58. The molecule has 0 saturated carbocycles. The van der Waals surface area contributed by atoms with Gasteiger partial charge in [-0.3, -0.25) is 4.79 Å². The van der Waals surface area contributed by atoms with Gasteiger partial charge in [-0.15, -0.1) is 11.8 Å². The second kappa shape index (κ2) is 15.4. The van der Waals surface area contributed by atoms with Crippen molar-refractivity contribution in [3.05, 3.63) is 101 Å². The van der Waals surface area contributed by atoms with Crippen molar-refractivity contribution in [2.75, 3.05) is 18.9 Å². The van der Waals surface area contributed by atoms with Gasteiger partial charge in [0.05, 0.1) is 31.0 Å². The second-order valence-corrected chi connectivity index (χ2v) is 10.7. The lowest BCUT2D eigenvalue weighted by Gasteiger charge is -2.36. The number of benzene rings is 3. The molecule has 10 nitrogen and oxygen atoms in total. The molecule has 0 radical (unpaired) electrons. The fraction of sp³-hybridized carbons (Fsp3) is 0.323. The lowest BCUT2D eigenvalue weighted by Crippen LogP contribution is -2.38. The Bertz CT molecular complexity index is 1330. The minimum Gasteiger partial charge on any atom is -0.478 e. The third-order valence-electron chi connectivity index (χ3n) is 6.56. The molecular weight excluding hydrogens is 560 g/mol. The number of rotatable bonds is 12. The Morgan fingerprint density at radius 3 is 2.21 bits per heavy atom. The molecule has 0 aliphatic carbocycles. The van der Waals surface area contributed by atoms with Crippen molar-refractivity contribution >= 4 is 29.7 Å². The zero-order chi connectivity index (χ0) is 29.9. The van der Waals surface area contributed by atoms with E-state index in [1.165, 1.54) is 0 Å². The van der Waals surface area contributed by atoms with Crippen molar-refractivity contribution in [2.24, 2.45) is 0 Å². The molecule has 1 aliphatic rings. The van der Waals surface area contributed by atoms with Gasteiger partial charge in [0.2, 0.25) is 0 Å². The summed E-state index contributed by atoms with van der Waals surface area (Å²) in [5.74, 6) is -0.823. The summed E-state index contributed by atoms with van der Waals surface area (Å²) >= 11 is 1.59. The van der Waals surface area contributed by atoms with Gasteiger partial charge in [0, 0.05) is 29.2 Å². The number of thioether (sulfide) groups is 1. The number of hydrogen-bond acceptors (Lipinski definition) is 8. The van der Waals surface area contributed by atoms with Gasteiger partial charge in [0.15, 0.2) is 6.29 Å². The summed E-state index contributed by atoms with van der Waals surface area (Å²) in [5.41, 5.74) is 3.72. The number of urea groups is 1. The number of ether oxygens (including phenoxy) is 3.